The Morgan fingerprint density at radius 1 is 0.800 bits per heavy atom. The summed E-state index contributed by atoms with van der Waals surface area (Å²) >= 11 is 0. The molecule has 0 aliphatic rings. The highest BCUT2D eigenvalue weighted by molar-refractivity contribution is 7.92. The van der Waals surface area contributed by atoms with Gasteiger partial charge in [-0.05, 0) is 41.3 Å². The Kier molecular flexibility index (Phi) is 5.15. The van der Waals surface area contributed by atoms with Crippen LogP contribution in [0.5, 0.6) is 0 Å². The zero-order valence-corrected chi connectivity index (χ0v) is 16.2. The number of hydrogen-bond donors (Lipinski definition) is 2. The standard InChI is InChI=1S/C17H22N2O4S2/c1-17(2,3)13-8-10-16(11-9-13)25(22,23)19-15-7-5-6-14(12-15)18-24(4,20)21/h5-12,18-19H,1-4H3. The third-order valence-corrected chi connectivity index (χ3v) is 5.45. The molecule has 2 aromatic carbocycles. The molecule has 0 fully saturated rings. The number of hydrogen-bond acceptors (Lipinski definition) is 4. The Morgan fingerprint density at radius 2 is 1.32 bits per heavy atom. The minimum Gasteiger partial charge on any atom is -0.284 e. The van der Waals surface area contributed by atoms with E-state index in [0.717, 1.165) is 11.8 Å². The largest absolute Gasteiger partial charge is 0.284 e. The average Bonchev–Trinajstić information content (AvgIpc) is 2.44. The topological polar surface area (TPSA) is 92.3 Å². The van der Waals surface area contributed by atoms with Gasteiger partial charge in [0.05, 0.1) is 22.5 Å². The molecule has 0 aromatic heterocycles. The van der Waals surface area contributed by atoms with Crippen LogP contribution >= 0.6 is 0 Å². The van der Waals surface area contributed by atoms with Crippen molar-refractivity contribution < 1.29 is 16.8 Å². The first kappa shape index (κ1) is 19.3. The molecule has 2 aromatic rings. The highest BCUT2D eigenvalue weighted by Crippen LogP contribution is 2.25. The van der Waals surface area contributed by atoms with Crippen molar-refractivity contribution in [3.8, 4) is 0 Å². The van der Waals surface area contributed by atoms with Crippen molar-refractivity contribution >= 4 is 31.4 Å². The lowest BCUT2D eigenvalue weighted by atomic mass is 9.87. The molecule has 0 atom stereocenters. The summed E-state index contributed by atoms with van der Waals surface area (Å²) in [6, 6.07) is 12.8. The van der Waals surface area contributed by atoms with Crippen LogP contribution in [0.4, 0.5) is 11.4 Å². The number of sulfonamides is 2. The molecular formula is C17H22N2O4S2. The number of anilines is 2. The van der Waals surface area contributed by atoms with Crippen molar-refractivity contribution in [2.45, 2.75) is 31.1 Å². The number of nitrogens with one attached hydrogen (secondary N) is 2. The maximum atomic E-state index is 12.5. The highest BCUT2D eigenvalue weighted by atomic mass is 32.2. The first-order valence-corrected chi connectivity index (χ1v) is 11.0. The summed E-state index contributed by atoms with van der Waals surface area (Å²) in [6.07, 6.45) is 1.03. The van der Waals surface area contributed by atoms with Crippen molar-refractivity contribution in [2.24, 2.45) is 0 Å². The zero-order valence-electron chi connectivity index (χ0n) is 14.6. The summed E-state index contributed by atoms with van der Waals surface area (Å²) in [5.41, 5.74) is 1.52. The predicted octanol–water partition coefficient (Wildman–Crippen LogP) is 3.16. The van der Waals surface area contributed by atoms with Gasteiger partial charge in [0.1, 0.15) is 0 Å². The van der Waals surface area contributed by atoms with Crippen molar-refractivity contribution in [1.29, 1.82) is 0 Å². The molecule has 0 bridgehead atoms. The normalized spacial score (nSPS) is 12.6. The third-order valence-electron chi connectivity index (χ3n) is 3.45. The lowest BCUT2D eigenvalue weighted by Gasteiger charge is -2.19. The van der Waals surface area contributed by atoms with Crippen LogP contribution in [0, 0.1) is 0 Å². The maximum absolute atomic E-state index is 12.5. The van der Waals surface area contributed by atoms with Crippen LogP contribution in [-0.4, -0.2) is 23.1 Å². The van der Waals surface area contributed by atoms with Crippen LogP contribution in [0.15, 0.2) is 53.4 Å². The molecule has 0 amide bonds. The Bertz CT molecular complexity index is 958. The van der Waals surface area contributed by atoms with E-state index in [4.69, 9.17) is 0 Å². The Morgan fingerprint density at radius 3 is 1.80 bits per heavy atom. The Hall–Kier alpha value is -2.06. The van der Waals surface area contributed by atoms with E-state index in [0.29, 0.717) is 0 Å². The molecule has 25 heavy (non-hydrogen) atoms. The first-order chi connectivity index (χ1) is 11.4. The van der Waals surface area contributed by atoms with E-state index in [1.165, 1.54) is 12.1 Å². The summed E-state index contributed by atoms with van der Waals surface area (Å²) in [4.78, 5) is 0.141. The molecule has 0 radical (unpaired) electrons. The van der Waals surface area contributed by atoms with Gasteiger partial charge in [0.15, 0.2) is 0 Å². The van der Waals surface area contributed by atoms with Gasteiger partial charge in [-0.15, -0.1) is 0 Å². The van der Waals surface area contributed by atoms with Gasteiger partial charge in [0, 0.05) is 0 Å². The Labute approximate surface area is 149 Å². The maximum Gasteiger partial charge on any atom is 0.261 e. The van der Waals surface area contributed by atoms with Gasteiger partial charge in [-0.25, -0.2) is 16.8 Å². The van der Waals surface area contributed by atoms with Gasteiger partial charge in [-0.3, -0.25) is 9.44 Å². The SMILES string of the molecule is CC(C)(C)c1ccc(S(=O)(=O)Nc2cccc(NS(C)(=O)=O)c2)cc1. The second kappa shape index (κ2) is 6.68. The molecule has 2 rings (SSSR count). The van der Waals surface area contributed by atoms with Crippen LogP contribution in [0.25, 0.3) is 0 Å². The third kappa shape index (κ3) is 5.47. The summed E-state index contributed by atoms with van der Waals surface area (Å²) in [5.74, 6) is 0. The van der Waals surface area contributed by atoms with E-state index >= 15 is 0 Å². The van der Waals surface area contributed by atoms with Gasteiger partial charge in [0.25, 0.3) is 10.0 Å². The molecule has 2 N–H and O–H groups in total. The molecule has 136 valence electrons. The quantitative estimate of drug-likeness (QED) is 0.831. The van der Waals surface area contributed by atoms with Crippen LogP contribution in [0.2, 0.25) is 0 Å². The van der Waals surface area contributed by atoms with E-state index in [9.17, 15) is 16.8 Å². The summed E-state index contributed by atoms with van der Waals surface area (Å²) in [6.45, 7) is 6.15. The lowest BCUT2D eigenvalue weighted by molar-refractivity contribution is 0.587. The summed E-state index contributed by atoms with van der Waals surface area (Å²) in [5, 5.41) is 0. The summed E-state index contributed by atoms with van der Waals surface area (Å²) in [7, 11) is -7.20. The predicted molar refractivity (Wildman–Crippen MR) is 101 cm³/mol. The zero-order chi connectivity index (χ0) is 18.9. The van der Waals surface area contributed by atoms with E-state index < -0.39 is 20.0 Å². The minimum atomic E-state index is -3.76. The average molecular weight is 383 g/mol. The first-order valence-electron chi connectivity index (χ1n) is 7.58. The molecule has 0 aliphatic heterocycles. The lowest BCUT2D eigenvalue weighted by Crippen LogP contribution is -2.15. The van der Waals surface area contributed by atoms with Crippen LogP contribution < -0.4 is 9.44 Å². The minimum absolute atomic E-state index is 0.0681. The molecule has 0 aliphatic carbocycles. The van der Waals surface area contributed by atoms with Gasteiger partial charge in [-0.2, -0.15) is 0 Å². The highest BCUT2D eigenvalue weighted by Gasteiger charge is 2.18. The van der Waals surface area contributed by atoms with Gasteiger partial charge in [-0.1, -0.05) is 39.0 Å². The number of rotatable bonds is 5. The second-order valence-corrected chi connectivity index (χ2v) is 10.3. The fourth-order valence-corrected chi connectivity index (χ4v) is 3.81. The molecule has 0 heterocycles. The fraction of sp³-hybridized carbons (Fsp3) is 0.294. The molecule has 0 saturated heterocycles. The number of benzene rings is 2. The molecule has 0 saturated carbocycles. The summed E-state index contributed by atoms with van der Waals surface area (Å²) < 4.78 is 52.3. The van der Waals surface area contributed by atoms with Crippen LogP contribution in [0.1, 0.15) is 26.3 Å². The Balaban J connectivity index is 2.25. The van der Waals surface area contributed by atoms with E-state index in [1.54, 1.807) is 36.4 Å². The van der Waals surface area contributed by atoms with E-state index in [-0.39, 0.29) is 21.7 Å². The molecule has 0 unspecified atom stereocenters. The van der Waals surface area contributed by atoms with Crippen LogP contribution in [-0.2, 0) is 25.5 Å². The van der Waals surface area contributed by atoms with Crippen molar-refractivity contribution in [3.05, 3.63) is 54.1 Å². The van der Waals surface area contributed by atoms with Gasteiger partial charge < -0.3 is 0 Å². The fourth-order valence-electron chi connectivity index (χ4n) is 2.21. The van der Waals surface area contributed by atoms with E-state index in [1.807, 2.05) is 0 Å². The second-order valence-electron chi connectivity index (χ2n) is 6.83. The smallest absolute Gasteiger partial charge is 0.261 e. The monoisotopic (exact) mass is 382 g/mol. The molecule has 6 nitrogen and oxygen atoms in total. The van der Waals surface area contributed by atoms with E-state index in [2.05, 4.69) is 30.2 Å². The van der Waals surface area contributed by atoms with Gasteiger partial charge in [0.2, 0.25) is 10.0 Å². The molecule has 8 heteroatoms. The van der Waals surface area contributed by atoms with Crippen molar-refractivity contribution in [1.82, 2.24) is 0 Å². The van der Waals surface area contributed by atoms with Crippen molar-refractivity contribution in [2.75, 3.05) is 15.7 Å². The van der Waals surface area contributed by atoms with Gasteiger partial charge >= 0.3 is 0 Å². The van der Waals surface area contributed by atoms with Crippen LogP contribution in [0.3, 0.4) is 0 Å². The molecule has 0 spiro atoms. The molecular weight excluding hydrogens is 360 g/mol. The van der Waals surface area contributed by atoms with Crippen molar-refractivity contribution in [3.63, 3.8) is 0 Å².